The number of likely N-dealkylation sites (N-methyl/N-ethyl adjacent to an activating group) is 1. The summed E-state index contributed by atoms with van der Waals surface area (Å²) in [5.74, 6) is 1.20. The maximum Gasteiger partial charge on any atom is 0.327 e. The molecule has 1 aliphatic heterocycles. The average Bonchev–Trinajstić information content (AvgIpc) is 3.27. The normalized spacial score (nSPS) is 27.6. The van der Waals surface area contributed by atoms with E-state index in [9.17, 15) is 4.79 Å². The van der Waals surface area contributed by atoms with Gasteiger partial charge >= 0.3 is 5.97 Å². The van der Waals surface area contributed by atoms with Crippen LogP contribution in [0.15, 0.2) is 0 Å². The monoisotopic (exact) mass is 282 g/mol. The van der Waals surface area contributed by atoms with E-state index < -0.39 is 5.54 Å². The quantitative estimate of drug-likeness (QED) is 0.757. The first kappa shape index (κ1) is 15.8. The third-order valence-electron chi connectivity index (χ3n) is 4.90. The lowest BCUT2D eigenvalue weighted by atomic mass is 9.92. The van der Waals surface area contributed by atoms with Crippen LogP contribution in [0.1, 0.15) is 46.0 Å². The number of nitrogens with zero attached hydrogens (tertiary/aromatic N) is 1. The summed E-state index contributed by atoms with van der Waals surface area (Å²) in [5.41, 5.74) is -0.475. The van der Waals surface area contributed by atoms with Gasteiger partial charge in [0.2, 0.25) is 0 Å². The highest BCUT2D eigenvalue weighted by molar-refractivity contribution is 5.82. The van der Waals surface area contributed by atoms with Gasteiger partial charge in [-0.25, -0.2) is 4.79 Å². The van der Waals surface area contributed by atoms with Gasteiger partial charge < -0.3 is 15.0 Å². The molecule has 4 nitrogen and oxygen atoms in total. The number of nitrogens with one attached hydrogen (secondary N) is 1. The predicted molar refractivity (Wildman–Crippen MR) is 80.6 cm³/mol. The lowest BCUT2D eigenvalue weighted by Crippen LogP contribution is -2.61. The lowest BCUT2D eigenvalue weighted by Gasteiger charge is -2.36. The summed E-state index contributed by atoms with van der Waals surface area (Å²) in [6, 6.07) is 0. The van der Waals surface area contributed by atoms with Crippen LogP contribution in [0.2, 0.25) is 0 Å². The molecule has 1 aliphatic carbocycles. The van der Waals surface area contributed by atoms with Crippen molar-refractivity contribution in [1.29, 1.82) is 0 Å². The summed E-state index contributed by atoms with van der Waals surface area (Å²) in [7, 11) is 1.52. The van der Waals surface area contributed by atoms with Gasteiger partial charge in [0.15, 0.2) is 0 Å². The van der Waals surface area contributed by atoms with Crippen LogP contribution in [-0.4, -0.2) is 49.7 Å². The predicted octanol–water partition coefficient (Wildman–Crippen LogP) is 2.04. The van der Waals surface area contributed by atoms with Gasteiger partial charge in [0, 0.05) is 6.54 Å². The highest BCUT2D eigenvalue weighted by atomic mass is 16.5. The molecule has 1 N–H and O–H groups in total. The smallest absolute Gasteiger partial charge is 0.327 e. The molecule has 0 bridgehead atoms. The number of rotatable bonds is 6. The molecule has 0 aromatic rings. The Hall–Kier alpha value is -0.610. The van der Waals surface area contributed by atoms with Gasteiger partial charge in [0.1, 0.15) is 5.54 Å². The van der Waals surface area contributed by atoms with E-state index in [1.54, 1.807) is 0 Å². The maximum absolute atomic E-state index is 12.4. The number of esters is 1. The molecule has 0 spiro atoms. The van der Waals surface area contributed by atoms with E-state index in [4.69, 9.17) is 4.74 Å². The Morgan fingerprint density at radius 1 is 1.30 bits per heavy atom. The summed E-state index contributed by atoms with van der Waals surface area (Å²) in [4.78, 5) is 14.9. The third kappa shape index (κ3) is 3.53. The summed E-state index contributed by atoms with van der Waals surface area (Å²) in [6.07, 6.45) is 6.09. The summed E-state index contributed by atoms with van der Waals surface area (Å²) in [6.45, 7) is 8.26. The van der Waals surface area contributed by atoms with Crippen LogP contribution >= 0.6 is 0 Å². The number of carbonyl (C=O) groups excluding carboxylic acids is 1. The molecule has 2 atom stereocenters. The molecule has 0 aromatic heterocycles. The SMILES string of the molecule is CCNC(CN1CCCC(C)CC1)(C(=O)OC)C1CC1. The van der Waals surface area contributed by atoms with Crippen LogP contribution in [-0.2, 0) is 9.53 Å². The van der Waals surface area contributed by atoms with E-state index in [1.165, 1.54) is 26.4 Å². The fraction of sp³-hybridized carbons (Fsp3) is 0.938. The zero-order chi connectivity index (χ0) is 14.6. The Morgan fingerprint density at radius 2 is 2.05 bits per heavy atom. The third-order valence-corrected chi connectivity index (χ3v) is 4.90. The van der Waals surface area contributed by atoms with Crippen LogP contribution < -0.4 is 5.32 Å². The van der Waals surface area contributed by atoms with E-state index in [-0.39, 0.29) is 5.97 Å². The molecule has 116 valence electrons. The van der Waals surface area contributed by atoms with Crippen LogP contribution in [0.5, 0.6) is 0 Å². The zero-order valence-electron chi connectivity index (χ0n) is 13.3. The number of ether oxygens (including phenoxy) is 1. The summed E-state index contributed by atoms with van der Waals surface area (Å²) >= 11 is 0. The molecule has 0 amide bonds. The van der Waals surface area contributed by atoms with Crippen LogP contribution in [0.4, 0.5) is 0 Å². The van der Waals surface area contributed by atoms with Crippen molar-refractivity contribution in [3.8, 4) is 0 Å². The number of hydrogen-bond donors (Lipinski definition) is 1. The highest BCUT2D eigenvalue weighted by Gasteiger charge is 2.52. The highest BCUT2D eigenvalue weighted by Crippen LogP contribution is 2.41. The molecule has 0 aromatic carbocycles. The molecule has 2 fully saturated rings. The second kappa shape index (κ2) is 6.90. The van der Waals surface area contributed by atoms with E-state index in [2.05, 4.69) is 24.1 Å². The minimum atomic E-state index is -0.475. The Labute approximate surface area is 123 Å². The van der Waals surface area contributed by atoms with Crippen molar-refractivity contribution in [3.05, 3.63) is 0 Å². The summed E-state index contributed by atoms with van der Waals surface area (Å²) < 4.78 is 5.14. The molecule has 1 saturated carbocycles. The van der Waals surface area contributed by atoms with Crippen molar-refractivity contribution < 1.29 is 9.53 Å². The molecule has 1 saturated heterocycles. The number of hydrogen-bond acceptors (Lipinski definition) is 4. The van der Waals surface area contributed by atoms with Crippen LogP contribution in [0, 0.1) is 11.8 Å². The second-order valence-electron chi connectivity index (χ2n) is 6.58. The Morgan fingerprint density at radius 3 is 2.65 bits per heavy atom. The fourth-order valence-corrected chi connectivity index (χ4v) is 3.54. The first-order valence-electron chi connectivity index (χ1n) is 8.18. The van der Waals surface area contributed by atoms with Crippen molar-refractivity contribution >= 4 is 5.97 Å². The average molecular weight is 282 g/mol. The molecular formula is C16H30N2O2. The second-order valence-corrected chi connectivity index (χ2v) is 6.58. The van der Waals surface area contributed by atoms with Crippen LogP contribution in [0.25, 0.3) is 0 Å². The molecule has 1 heterocycles. The van der Waals surface area contributed by atoms with E-state index >= 15 is 0 Å². The van der Waals surface area contributed by atoms with E-state index in [1.807, 2.05) is 0 Å². The Balaban J connectivity index is 2.08. The van der Waals surface area contributed by atoms with E-state index in [0.717, 1.165) is 44.9 Å². The molecule has 0 radical (unpaired) electrons. The lowest BCUT2D eigenvalue weighted by molar-refractivity contribution is -0.150. The topological polar surface area (TPSA) is 41.6 Å². The number of methoxy groups -OCH3 is 1. The van der Waals surface area contributed by atoms with Crippen molar-refractivity contribution in [2.75, 3.05) is 33.3 Å². The van der Waals surface area contributed by atoms with Crippen molar-refractivity contribution in [2.24, 2.45) is 11.8 Å². The number of carbonyl (C=O) groups is 1. The standard InChI is InChI=1S/C16H30N2O2/c1-4-17-16(14-7-8-14,15(19)20-3)12-18-10-5-6-13(2)9-11-18/h13-14,17H,4-12H2,1-3H3. The summed E-state index contributed by atoms with van der Waals surface area (Å²) in [5, 5.41) is 3.47. The van der Waals surface area contributed by atoms with Gasteiger partial charge in [-0.05, 0) is 63.6 Å². The molecule has 2 aliphatic rings. The van der Waals surface area contributed by atoms with Crippen molar-refractivity contribution in [3.63, 3.8) is 0 Å². The van der Waals surface area contributed by atoms with Crippen molar-refractivity contribution in [2.45, 2.75) is 51.5 Å². The van der Waals surface area contributed by atoms with Gasteiger partial charge in [0.05, 0.1) is 7.11 Å². The number of likely N-dealkylation sites (tertiary alicyclic amines) is 1. The minimum Gasteiger partial charge on any atom is -0.468 e. The first-order valence-corrected chi connectivity index (χ1v) is 8.18. The molecular weight excluding hydrogens is 252 g/mol. The van der Waals surface area contributed by atoms with Gasteiger partial charge in [0.25, 0.3) is 0 Å². The van der Waals surface area contributed by atoms with Crippen molar-refractivity contribution in [1.82, 2.24) is 10.2 Å². The van der Waals surface area contributed by atoms with E-state index in [0.29, 0.717) is 5.92 Å². The fourth-order valence-electron chi connectivity index (χ4n) is 3.54. The largest absolute Gasteiger partial charge is 0.468 e. The van der Waals surface area contributed by atoms with Gasteiger partial charge in [-0.3, -0.25) is 0 Å². The molecule has 2 rings (SSSR count). The van der Waals surface area contributed by atoms with Gasteiger partial charge in [-0.2, -0.15) is 0 Å². The van der Waals surface area contributed by atoms with Gasteiger partial charge in [-0.1, -0.05) is 13.8 Å². The minimum absolute atomic E-state index is 0.0702. The maximum atomic E-state index is 12.4. The Kier molecular flexibility index (Phi) is 5.44. The molecule has 20 heavy (non-hydrogen) atoms. The molecule has 4 heteroatoms. The zero-order valence-corrected chi connectivity index (χ0v) is 13.3. The van der Waals surface area contributed by atoms with Crippen LogP contribution in [0.3, 0.4) is 0 Å². The van der Waals surface area contributed by atoms with Gasteiger partial charge in [-0.15, -0.1) is 0 Å². The molecule has 2 unspecified atom stereocenters. The Bertz CT molecular complexity index is 330. The first-order chi connectivity index (χ1) is 9.62.